The number of amides is 4. The van der Waals surface area contributed by atoms with Gasteiger partial charge in [0.05, 0.1) is 10.2 Å². The lowest BCUT2D eigenvalue weighted by Gasteiger charge is -2.16. The zero-order valence-electron chi connectivity index (χ0n) is 19.0. The van der Waals surface area contributed by atoms with Gasteiger partial charge in [-0.05, 0) is 64.8 Å². The van der Waals surface area contributed by atoms with E-state index in [0.29, 0.717) is 30.5 Å². The fraction of sp³-hybridized carbons (Fsp3) is 0.304. The highest BCUT2D eigenvalue weighted by molar-refractivity contribution is 9.10. The summed E-state index contributed by atoms with van der Waals surface area (Å²) in [6, 6.07) is 8.99. The first-order chi connectivity index (χ1) is 17.1. The second kappa shape index (κ2) is 12.4. The van der Waals surface area contributed by atoms with Crippen molar-refractivity contribution in [2.24, 2.45) is 0 Å². The van der Waals surface area contributed by atoms with Gasteiger partial charge in [0.2, 0.25) is 5.95 Å². The Kier molecular flexibility index (Phi) is 8.74. The van der Waals surface area contributed by atoms with Crippen molar-refractivity contribution in [3.63, 3.8) is 0 Å². The number of benzene rings is 1. The molecule has 12 heteroatoms. The first-order valence-corrected chi connectivity index (χ1v) is 13.1. The lowest BCUT2D eigenvalue weighted by molar-refractivity contribution is 0.222. The third kappa shape index (κ3) is 7.55. The van der Waals surface area contributed by atoms with Gasteiger partial charge in [-0.25, -0.2) is 14.6 Å². The number of carbonyl (C=O) groups is 2. The van der Waals surface area contributed by atoms with Crippen LogP contribution in [-0.4, -0.2) is 53.1 Å². The van der Waals surface area contributed by atoms with Crippen molar-refractivity contribution in [3.05, 3.63) is 51.8 Å². The number of hydrogen-bond donors (Lipinski definition) is 5. The first-order valence-electron chi connectivity index (χ1n) is 11.3. The van der Waals surface area contributed by atoms with E-state index in [2.05, 4.69) is 52.5 Å². The molecule has 35 heavy (non-hydrogen) atoms. The lowest BCUT2D eigenvalue weighted by Crippen LogP contribution is -2.32. The smallest absolute Gasteiger partial charge is 0.321 e. The van der Waals surface area contributed by atoms with Crippen LogP contribution in [0.25, 0.3) is 0 Å². The van der Waals surface area contributed by atoms with E-state index in [1.54, 1.807) is 6.20 Å². The molecule has 1 saturated heterocycles. The second-order valence-corrected chi connectivity index (χ2v) is 9.53. The number of nitrogens with one attached hydrogen (secondary N) is 5. The maximum atomic E-state index is 12.4. The first kappa shape index (κ1) is 24.7. The van der Waals surface area contributed by atoms with Gasteiger partial charge >= 0.3 is 12.1 Å². The van der Waals surface area contributed by atoms with Crippen LogP contribution in [0, 0.1) is 0 Å². The van der Waals surface area contributed by atoms with Crippen LogP contribution >= 0.6 is 27.3 Å². The zero-order valence-corrected chi connectivity index (χ0v) is 21.4. The monoisotopic (exact) mass is 558 g/mol. The van der Waals surface area contributed by atoms with Gasteiger partial charge in [0.25, 0.3) is 0 Å². The maximum absolute atomic E-state index is 12.4. The third-order valence-corrected chi connectivity index (χ3v) is 6.48. The summed E-state index contributed by atoms with van der Waals surface area (Å²) in [5, 5.41) is 18.8. The molecule has 1 aliphatic heterocycles. The molecular weight excluding hydrogens is 532 g/mol. The SMILES string of the molecule is O=C(NCCCNc1nc(Nc2cccc(NC(=O)N3CCCC3)c2)ncc1Br)Nc1ccsc1. The third-order valence-electron chi connectivity index (χ3n) is 5.22. The van der Waals surface area contributed by atoms with Crippen LogP contribution in [0.1, 0.15) is 19.3 Å². The molecule has 4 amide bonds. The van der Waals surface area contributed by atoms with E-state index in [-0.39, 0.29) is 12.1 Å². The Hall–Kier alpha value is -3.38. The molecule has 1 fully saturated rings. The largest absolute Gasteiger partial charge is 0.369 e. The predicted octanol–water partition coefficient (Wildman–Crippen LogP) is 5.30. The molecule has 0 saturated carbocycles. The minimum absolute atomic E-state index is 0.0792. The molecule has 5 N–H and O–H groups in total. The van der Waals surface area contributed by atoms with Crippen LogP contribution in [-0.2, 0) is 0 Å². The van der Waals surface area contributed by atoms with Gasteiger partial charge in [-0.1, -0.05) is 6.07 Å². The number of urea groups is 2. The second-order valence-electron chi connectivity index (χ2n) is 7.89. The van der Waals surface area contributed by atoms with Gasteiger partial charge < -0.3 is 31.5 Å². The summed E-state index contributed by atoms with van der Waals surface area (Å²) in [7, 11) is 0. The fourth-order valence-electron chi connectivity index (χ4n) is 3.49. The van der Waals surface area contributed by atoms with Gasteiger partial charge in [0.15, 0.2) is 0 Å². The van der Waals surface area contributed by atoms with Crippen molar-refractivity contribution < 1.29 is 9.59 Å². The molecule has 0 aliphatic carbocycles. The minimum atomic E-state index is -0.225. The zero-order chi connectivity index (χ0) is 24.5. The van der Waals surface area contributed by atoms with Crippen molar-refractivity contribution in [2.75, 3.05) is 47.4 Å². The standard InChI is InChI=1S/C23H27BrN8O2S/c24-19-14-27-21(28-16-5-3-6-17(13-16)30-23(34)32-10-1-2-11-32)31-20(19)25-8-4-9-26-22(33)29-18-7-12-35-15-18/h3,5-7,12-15H,1-2,4,8-11H2,(H,30,34)(H2,26,29,33)(H2,25,27,28,31). The Balaban J connectivity index is 1.25. The normalized spacial score (nSPS) is 12.8. The fourth-order valence-corrected chi connectivity index (χ4v) is 4.40. The number of thiophene rings is 1. The summed E-state index contributed by atoms with van der Waals surface area (Å²) in [4.78, 5) is 34.9. The Bertz CT molecular complexity index is 1140. The van der Waals surface area contributed by atoms with E-state index >= 15 is 0 Å². The molecule has 4 rings (SSSR count). The average Bonchev–Trinajstić information content (AvgIpc) is 3.56. The van der Waals surface area contributed by atoms with E-state index in [9.17, 15) is 9.59 Å². The Morgan fingerprint density at radius 2 is 1.89 bits per heavy atom. The highest BCUT2D eigenvalue weighted by atomic mass is 79.9. The van der Waals surface area contributed by atoms with Crippen LogP contribution in [0.5, 0.6) is 0 Å². The molecule has 3 heterocycles. The molecule has 0 bridgehead atoms. The van der Waals surface area contributed by atoms with E-state index in [1.165, 1.54) is 11.3 Å². The number of nitrogens with zero attached hydrogens (tertiary/aromatic N) is 3. The Labute approximate surface area is 216 Å². The van der Waals surface area contributed by atoms with Crippen molar-refractivity contribution in [1.82, 2.24) is 20.2 Å². The van der Waals surface area contributed by atoms with Gasteiger partial charge in [0.1, 0.15) is 5.82 Å². The molecule has 0 atom stereocenters. The number of aromatic nitrogens is 2. The summed E-state index contributed by atoms with van der Waals surface area (Å²) >= 11 is 5.00. The molecule has 10 nitrogen and oxygen atoms in total. The van der Waals surface area contributed by atoms with Crippen LogP contribution in [0.15, 0.2) is 51.8 Å². The van der Waals surface area contributed by atoms with Crippen LogP contribution in [0.4, 0.5) is 38.4 Å². The van der Waals surface area contributed by atoms with E-state index in [4.69, 9.17) is 0 Å². The molecular formula is C23H27BrN8O2S. The molecule has 1 aromatic carbocycles. The van der Waals surface area contributed by atoms with Gasteiger partial charge in [-0.2, -0.15) is 16.3 Å². The summed E-state index contributed by atoms with van der Waals surface area (Å²) in [5.74, 6) is 1.07. The quantitative estimate of drug-likeness (QED) is 0.227. The number of halogens is 1. The Morgan fingerprint density at radius 3 is 2.69 bits per heavy atom. The molecule has 0 spiro atoms. The molecule has 0 unspecified atom stereocenters. The van der Waals surface area contributed by atoms with Gasteiger partial charge in [0, 0.05) is 49.1 Å². The maximum Gasteiger partial charge on any atom is 0.321 e. The van der Waals surface area contributed by atoms with Gasteiger partial charge in [-0.15, -0.1) is 0 Å². The van der Waals surface area contributed by atoms with Crippen LogP contribution in [0.2, 0.25) is 0 Å². The summed E-state index contributed by atoms with van der Waals surface area (Å²) < 4.78 is 0.734. The average molecular weight is 559 g/mol. The summed E-state index contributed by atoms with van der Waals surface area (Å²) in [6.07, 6.45) is 4.49. The molecule has 1 aliphatic rings. The Morgan fingerprint density at radius 1 is 1.06 bits per heavy atom. The molecule has 2 aromatic heterocycles. The van der Waals surface area contributed by atoms with Crippen LogP contribution < -0.4 is 26.6 Å². The van der Waals surface area contributed by atoms with Gasteiger partial charge in [-0.3, -0.25) is 0 Å². The topological polar surface area (TPSA) is 123 Å². The number of rotatable bonds is 9. The summed E-state index contributed by atoms with van der Waals surface area (Å²) in [6.45, 7) is 2.73. The molecule has 3 aromatic rings. The highest BCUT2D eigenvalue weighted by Gasteiger charge is 2.17. The van der Waals surface area contributed by atoms with E-state index in [1.807, 2.05) is 46.0 Å². The van der Waals surface area contributed by atoms with Crippen molar-refractivity contribution in [1.29, 1.82) is 0 Å². The predicted molar refractivity (Wildman–Crippen MR) is 144 cm³/mol. The lowest BCUT2D eigenvalue weighted by atomic mass is 10.3. The molecule has 184 valence electrons. The number of anilines is 5. The van der Waals surface area contributed by atoms with Crippen molar-refractivity contribution >= 4 is 68.2 Å². The van der Waals surface area contributed by atoms with Crippen molar-refractivity contribution in [2.45, 2.75) is 19.3 Å². The number of hydrogen-bond acceptors (Lipinski definition) is 7. The molecule has 0 radical (unpaired) electrons. The number of likely N-dealkylation sites (tertiary alicyclic amines) is 1. The highest BCUT2D eigenvalue weighted by Crippen LogP contribution is 2.23. The minimum Gasteiger partial charge on any atom is -0.369 e. The number of carbonyl (C=O) groups excluding carboxylic acids is 2. The van der Waals surface area contributed by atoms with Crippen LogP contribution in [0.3, 0.4) is 0 Å². The van der Waals surface area contributed by atoms with E-state index < -0.39 is 0 Å². The van der Waals surface area contributed by atoms with Crippen molar-refractivity contribution in [3.8, 4) is 0 Å². The summed E-state index contributed by atoms with van der Waals surface area (Å²) in [5.41, 5.74) is 2.26. The van der Waals surface area contributed by atoms with E-state index in [0.717, 1.165) is 48.2 Å².